The fraction of sp³-hybridized carbons (Fsp3) is 0.0714. The molecule has 0 aliphatic carbocycles. The number of hydrogen-bond acceptors (Lipinski definition) is 1. The number of H-pyrrole nitrogens is 1. The third-order valence-electron chi connectivity index (χ3n) is 3.00. The lowest BCUT2D eigenvalue weighted by Crippen LogP contribution is -2.08. The second-order valence-corrected chi connectivity index (χ2v) is 4.24. The van der Waals surface area contributed by atoms with Crippen molar-refractivity contribution in [3.8, 4) is 0 Å². The van der Waals surface area contributed by atoms with Gasteiger partial charge in [-0.1, -0.05) is 48.6 Å². The molecule has 17 heavy (non-hydrogen) atoms. The molecular weight excluding hydrogens is 228 g/mol. The molecule has 3 aromatic rings. The SMILES string of the molecule is S=CNCc1cccc2c1[nH]c1ccccc12. The summed E-state index contributed by atoms with van der Waals surface area (Å²) in [5.74, 6) is 0. The average molecular weight is 240 g/mol. The fourth-order valence-corrected chi connectivity index (χ4v) is 2.32. The van der Waals surface area contributed by atoms with Gasteiger partial charge in [0.25, 0.3) is 0 Å². The molecule has 0 aliphatic heterocycles. The van der Waals surface area contributed by atoms with Crippen molar-refractivity contribution < 1.29 is 0 Å². The Morgan fingerprint density at radius 2 is 1.88 bits per heavy atom. The van der Waals surface area contributed by atoms with Gasteiger partial charge in [-0.15, -0.1) is 0 Å². The zero-order valence-electron chi connectivity index (χ0n) is 9.23. The standard InChI is InChI=1S/C14H12N2S/c17-9-15-8-10-4-3-6-12-11-5-1-2-7-13(11)16-14(10)12/h1-7,9,16H,8H2,(H,15,17). The van der Waals surface area contributed by atoms with E-state index in [2.05, 4.69) is 46.7 Å². The van der Waals surface area contributed by atoms with Gasteiger partial charge in [0, 0.05) is 22.8 Å². The average Bonchev–Trinajstić information content (AvgIpc) is 2.75. The zero-order chi connectivity index (χ0) is 11.7. The minimum Gasteiger partial charge on any atom is -0.378 e. The van der Waals surface area contributed by atoms with Gasteiger partial charge in [-0.2, -0.15) is 0 Å². The first-order chi connectivity index (χ1) is 8.40. The first kappa shape index (κ1) is 10.3. The Hall–Kier alpha value is -1.87. The molecule has 0 bridgehead atoms. The van der Waals surface area contributed by atoms with Gasteiger partial charge in [0.2, 0.25) is 0 Å². The molecule has 2 aromatic carbocycles. The Bertz CT molecular complexity index is 685. The van der Waals surface area contributed by atoms with Crippen LogP contribution in [-0.4, -0.2) is 10.5 Å². The smallest absolute Gasteiger partial charge is 0.0617 e. The molecule has 0 saturated heterocycles. The van der Waals surface area contributed by atoms with Crippen LogP contribution in [0, 0.1) is 0 Å². The highest BCUT2D eigenvalue weighted by atomic mass is 32.1. The first-order valence-corrected chi connectivity index (χ1v) is 6.02. The summed E-state index contributed by atoms with van der Waals surface area (Å²) < 4.78 is 0. The zero-order valence-corrected chi connectivity index (χ0v) is 10.1. The van der Waals surface area contributed by atoms with E-state index in [0.29, 0.717) is 0 Å². The number of nitrogens with one attached hydrogen (secondary N) is 2. The van der Waals surface area contributed by atoms with E-state index in [0.717, 1.165) is 6.54 Å². The number of rotatable bonds is 3. The highest BCUT2D eigenvalue weighted by molar-refractivity contribution is 7.78. The van der Waals surface area contributed by atoms with E-state index in [4.69, 9.17) is 12.2 Å². The first-order valence-electron chi connectivity index (χ1n) is 5.55. The highest BCUT2D eigenvalue weighted by Gasteiger charge is 2.06. The van der Waals surface area contributed by atoms with Crippen LogP contribution >= 0.6 is 12.2 Å². The Labute approximate surface area is 105 Å². The van der Waals surface area contributed by atoms with Crippen molar-refractivity contribution in [1.82, 2.24) is 10.3 Å². The minimum atomic E-state index is 0.758. The van der Waals surface area contributed by atoms with E-state index in [1.807, 2.05) is 6.07 Å². The Kier molecular flexibility index (Phi) is 2.53. The molecule has 84 valence electrons. The second kappa shape index (κ2) is 4.18. The number of hydrogen-bond donors (Lipinski definition) is 2. The molecule has 1 heterocycles. The summed E-state index contributed by atoms with van der Waals surface area (Å²) in [5.41, 5.74) is 5.16. The number of fused-ring (bicyclic) bond motifs is 3. The van der Waals surface area contributed by atoms with Gasteiger partial charge >= 0.3 is 0 Å². The normalized spacial score (nSPS) is 10.8. The minimum absolute atomic E-state index is 0.758. The van der Waals surface area contributed by atoms with Crippen molar-refractivity contribution in [2.45, 2.75) is 6.54 Å². The van der Waals surface area contributed by atoms with Gasteiger partial charge in [0.15, 0.2) is 0 Å². The van der Waals surface area contributed by atoms with Crippen molar-refractivity contribution in [3.63, 3.8) is 0 Å². The van der Waals surface area contributed by atoms with Gasteiger partial charge in [0.1, 0.15) is 0 Å². The van der Waals surface area contributed by atoms with Crippen LogP contribution in [-0.2, 0) is 6.54 Å². The monoisotopic (exact) mass is 240 g/mol. The molecule has 0 radical (unpaired) electrons. The molecule has 3 heteroatoms. The maximum absolute atomic E-state index is 4.79. The lowest BCUT2D eigenvalue weighted by molar-refractivity contribution is 0.951. The number of benzene rings is 2. The lowest BCUT2D eigenvalue weighted by Gasteiger charge is -2.02. The maximum atomic E-state index is 4.79. The number of thiocarbonyl (C=S) groups is 1. The molecule has 2 nitrogen and oxygen atoms in total. The second-order valence-electron chi connectivity index (χ2n) is 4.01. The summed E-state index contributed by atoms with van der Waals surface area (Å²) in [4.78, 5) is 3.47. The van der Waals surface area contributed by atoms with E-state index in [-0.39, 0.29) is 0 Å². The van der Waals surface area contributed by atoms with Crippen molar-refractivity contribution in [2.24, 2.45) is 0 Å². The summed E-state index contributed by atoms with van der Waals surface area (Å²) in [6, 6.07) is 14.7. The van der Waals surface area contributed by atoms with Crippen LogP contribution < -0.4 is 5.32 Å². The van der Waals surface area contributed by atoms with E-state index in [1.54, 1.807) is 5.49 Å². The molecule has 0 amide bonds. The third-order valence-corrected chi connectivity index (χ3v) is 3.17. The highest BCUT2D eigenvalue weighted by Crippen LogP contribution is 2.27. The quantitative estimate of drug-likeness (QED) is 0.687. The molecule has 1 aromatic heterocycles. The van der Waals surface area contributed by atoms with E-state index in [1.165, 1.54) is 27.4 Å². The van der Waals surface area contributed by atoms with Crippen LogP contribution in [0.4, 0.5) is 0 Å². The predicted octanol–water partition coefficient (Wildman–Crippen LogP) is 3.37. The molecular formula is C14H12N2S. The topological polar surface area (TPSA) is 27.8 Å². The number of aromatic amines is 1. The van der Waals surface area contributed by atoms with Crippen LogP contribution in [0.15, 0.2) is 42.5 Å². The molecule has 0 fully saturated rings. The van der Waals surface area contributed by atoms with Gasteiger partial charge < -0.3 is 10.3 Å². The lowest BCUT2D eigenvalue weighted by atomic mass is 10.1. The largest absolute Gasteiger partial charge is 0.378 e. The summed E-state index contributed by atoms with van der Waals surface area (Å²) in [7, 11) is 0. The van der Waals surface area contributed by atoms with Crippen molar-refractivity contribution in [1.29, 1.82) is 0 Å². The molecule has 0 spiro atoms. The van der Waals surface area contributed by atoms with Crippen molar-refractivity contribution in [3.05, 3.63) is 48.0 Å². The van der Waals surface area contributed by atoms with Gasteiger partial charge in [-0.05, 0) is 11.6 Å². The van der Waals surface area contributed by atoms with Gasteiger partial charge in [-0.3, -0.25) is 0 Å². The summed E-state index contributed by atoms with van der Waals surface area (Å²) >= 11 is 4.79. The third kappa shape index (κ3) is 1.68. The van der Waals surface area contributed by atoms with Gasteiger partial charge in [0.05, 0.1) is 11.0 Å². The molecule has 3 rings (SSSR count). The van der Waals surface area contributed by atoms with E-state index >= 15 is 0 Å². The summed E-state index contributed by atoms with van der Waals surface area (Å²) in [6.07, 6.45) is 0. The van der Waals surface area contributed by atoms with E-state index in [9.17, 15) is 0 Å². The number of para-hydroxylation sites is 2. The van der Waals surface area contributed by atoms with Crippen LogP contribution in [0.1, 0.15) is 5.56 Å². The summed E-state index contributed by atoms with van der Waals surface area (Å²) in [6.45, 7) is 0.758. The van der Waals surface area contributed by atoms with Crippen LogP contribution in [0.2, 0.25) is 0 Å². The Morgan fingerprint density at radius 3 is 2.76 bits per heavy atom. The molecule has 0 unspecified atom stereocenters. The molecule has 0 saturated carbocycles. The van der Waals surface area contributed by atoms with Gasteiger partial charge in [-0.25, -0.2) is 0 Å². The Morgan fingerprint density at radius 1 is 1.06 bits per heavy atom. The molecule has 0 aliphatic rings. The van der Waals surface area contributed by atoms with Crippen molar-refractivity contribution in [2.75, 3.05) is 0 Å². The summed E-state index contributed by atoms with van der Waals surface area (Å²) in [5, 5.41) is 5.61. The van der Waals surface area contributed by atoms with Crippen LogP contribution in [0.5, 0.6) is 0 Å². The molecule has 0 atom stereocenters. The van der Waals surface area contributed by atoms with Crippen molar-refractivity contribution >= 4 is 39.5 Å². The maximum Gasteiger partial charge on any atom is 0.0617 e. The van der Waals surface area contributed by atoms with Crippen LogP contribution in [0.25, 0.3) is 21.8 Å². The predicted molar refractivity (Wildman–Crippen MR) is 76.3 cm³/mol. The van der Waals surface area contributed by atoms with Crippen LogP contribution in [0.3, 0.4) is 0 Å². The van der Waals surface area contributed by atoms with E-state index < -0.39 is 0 Å². The molecule has 2 N–H and O–H groups in total. The Balaban J connectivity index is 2.27. The number of aromatic nitrogens is 1. The fourth-order valence-electron chi connectivity index (χ4n) is 2.23.